The Kier molecular flexibility index (Phi) is 4.88. The lowest BCUT2D eigenvalue weighted by Crippen LogP contribution is -2.44. The molecule has 0 saturated carbocycles. The smallest absolute Gasteiger partial charge is 0.224 e. The van der Waals surface area contributed by atoms with E-state index in [1.54, 1.807) is 0 Å². The van der Waals surface area contributed by atoms with Crippen molar-refractivity contribution in [2.75, 3.05) is 29.6 Å². The van der Waals surface area contributed by atoms with E-state index in [1.807, 2.05) is 23.5 Å². The fourth-order valence-corrected chi connectivity index (χ4v) is 6.42. The maximum Gasteiger partial charge on any atom is 0.224 e. The predicted octanol–water partition coefficient (Wildman–Crippen LogP) is 2.19. The van der Waals surface area contributed by atoms with Gasteiger partial charge in [0, 0.05) is 54.1 Å². The Labute approximate surface area is 147 Å². The zero-order chi connectivity index (χ0) is 15.6. The largest absolute Gasteiger partial charge is 0.337 e. The fraction of sp³-hybridized carbons (Fsp3) is 0.611. The highest BCUT2D eigenvalue weighted by Crippen LogP contribution is 2.28. The van der Waals surface area contributed by atoms with E-state index in [1.165, 1.54) is 34.1 Å². The molecular formula is C18H24N2OS2. The monoisotopic (exact) mass is 348 g/mol. The molecule has 0 unspecified atom stereocenters. The molecule has 2 aliphatic heterocycles. The van der Waals surface area contributed by atoms with Gasteiger partial charge in [-0.05, 0) is 24.0 Å². The molecule has 124 valence electrons. The van der Waals surface area contributed by atoms with Gasteiger partial charge >= 0.3 is 0 Å². The summed E-state index contributed by atoms with van der Waals surface area (Å²) in [5.41, 5.74) is 2.86. The van der Waals surface area contributed by atoms with E-state index in [4.69, 9.17) is 0 Å². The SMILES string of the molecule is O=C1C[C@H](NC2CSCCSC2)CN1C1Cc2ccccc2C1. The van der Waals surface area contributed by atoms with Crippen LogP contribution in [0.4, 0.5) is 0 Å². The molecule has 1 aromatic rings. The van der Waals surface area contributed by atoms with Crippen LogP contribution in [0.25, 0.3) is 0 Å². The summed E-state index contributed by atoms with van der Waals surface area (Å²) < 4.78 is 0. The van der Waals surface area contributed by atoms with Gasteiger partial charge in [0.1, 0.15) is 0 Å². The zero-order valence-electron chi connectivity index (χ0n) is 13.4. The average Bonchev–Trinajstić information content (AvgIpc) is 3.03. The van der Waals surface area contributed by atoms with Crippen LogP contribution in [0, 0.1) is 0 Å². The topological polar surface area (TPSA) is 32.3 Å². The number of benzene rings is 1. The molecule has 2 saturated heterocycles. The van der Waals surface area contributed by atoms with Crippen molar-refractivity contribution < 1.29 is 4.79 Å². The predicted molar refractivity (Wildman–Crippen MR) is 99.3 cm³/mol. The van der Waals surface area contributed by atoms with Gasteiger partial charge < -0.3 is 10.2 Å². The number of thioether (sulfide) groups is 2. The van der Waals surface area contributed by atoms with Crippen molar-refractivity contribution in [2.24, 2.45) is 0 Å². The van der Waals surface area contributed by atoms with Gasteiger partial charge in [-0.15, -0.1) is 0 Å². The molecule has 0 radical (unpaired) electrons. The quantitative estimate of drug-likeness (QED) is 0.908. The first-order chi connectivity index (χ1) is 11.3. The Bertz CT molecular complexity index is 547. The molecule has 3 nitrogen and oxygen atoms in total. The Morgan fingerprint density at radius 2 is 1.61 bits per heavy atom. The van der Waals surface area contributed by atoms with Crippen LogP contribution in [0.5, 0.6) is 0 Å². The highest BCUT2D eigenvalue weighted by molar-refractivity contribution is 8.03. The molecule has 0 spiro atoms. The number of fused-ring (bicyclic) bond motifs is 1. The third kappa shape index (κ3) is 3.57. The zero-order valence-corrected chi connectivity index (χ0v) is 15.0. The first-order valence-corrected chi connectivity index (χ1v) is 10.9. The maximum atomic E-state index is 12.5. The lowest BCUT2D eigenvalue weighted by Gasteiger charge is -2.25. The molecule has 2 fully saturated rings. The van der Waals surface area contributed by atoms with Crippen molar-refractivity contribution in [1.82, 2.24) is 10.2 Å². The summed E-state index contributed by atoms with van der Waals surface area (Å²) in [4.78, 5) is 14.7. The van der Waals surface area contributed by atoms with Crippen molar-refractivity contribution in [3.8, 4) is 0 Å². The molecule has 4 rings (SSSR count). The fourth-order valence-electron chi connectivity index (χ4n) is 4.00. The number of nitrogens with one attached hydrogen (secondary N) is 1. The summed E-state index contributed by atoms with van der Waals surface area (Å²) in [6.07, 6.45) is 2.74. The molecule has 1 aromatic carbocycles. The summed E-state index contributed by atoms with van der Waals surface area (Å²) >= 11 is 4.09. The van der Waals surface area contributed by atoms with E-state index >= 15 is 0 Å². The van der Waals surface area contributed by atoms with E-state index in [-0.39, 0.29) is 0 Å². The third-order valence-corrected chi connectivity index (χ3v) is 7.63. The van der Waals surface area contributed by atoms with Gasteiger partial charge in [-0.1, -0.05) is 24.3 Å². The number of carbonyl (C=O) groups excluding carboxylic acids is 1. The molecule has 1 amide bonds. The van der Waals surface area contributed by atoms with Gasteiger partial charge in [0.05, 0.1) is 0 Å². The molecule has 2 heterocycles. The minimum Gasteiger partial charge on any atom is -0.337 e. The molecular weight excluding hydrogens is 324 g/mol. The van der Waals surface area contributed by atoms with Crippen LogP contribution in [-0.4, -0.2) is 58.5 Å². The number of hydrogen-bond acceptors (Lipinski definition) is 4. The van der Waals surface area contributed by atoms with Crippen molar-refractivity contribution >= 4 is 29.4 Å². The average molecular weight is 349 g/mol. The van der Waals surface area contributed by atoms with Gasteiger partial charge in [0.15, 0.2) is 0 Å². The second-order valence-corrected chi connectivity index (χ2v) is 9.09. The summed E-state index contributed by atoms with van der Waals surface area (Å²) in [5.74, 6) is 5.24. The van der Waals surface area contributed by atoms with E-state index in [0.29, 0.717) is 30.5 Å². The number of hydrogen-bond donors (Lipinski definition) is 1. The van der Waals surface area contributed by atoms with Crippen LogP contribution in [0.15, 0.2) is 24.3 Å². The van der Waals surface area contributed by atoms with Gasteiger partial charge in [-0.25, -0.2) is 0 Å². The lowest BCUT2D eigenvalue weighted by atomic mass is 10.1. The standard InChI is InChI=1S/C18H24N2OS2/c21-18-9-15(19-16-11-22-5-6-23-12-16)10-20(18)17-7-13-3-1-2-4-14(13)8-17/h1-4,15-17,19H,5-12H2/t15-/m0/s1. The Balaban J connectivity index is 1.36. The van der Waals surface area contributed by atoms with Gasteiger partial charge in [0.2, 0.25) is 5.91 Å². The van der Waals surface area contributed by atoms with Crippen LogP contribution in [0.1, 0.15) is 17.5 Å². The summed E-state index contributed by atoms with van der Waals surface area (Å²) in [6.45, 7) is 0.892. The number of nitrogens with zero attached hydrogens (tertiary/aromatic N) is 1. The molecule has 5 heteroatoms. The number of rotatable bonds is 3. The van der Waals surface area contributed by atoms with Crippen molar-refractivity contribution in [3.63, 3.8) is 0 Å². The number of carbonyl (C=O) groups is 1. The highest BCUT2D eigenvalue weighted by atomic mass is 32.2. The molecule has 1 atom stereocenters. The first kappa shape index (κ1) is 15.9. The number of amides is 1. The molecule has 1 N–H and O–H groups in total. The van der Waals surface area contributed by atoms with Crippen LogP contribution < -0.4 is 5.32 Å². The second-order valence-electron chi connectivity index (χ2n) is 6.79. The van der Waals surface area contributed by atoms with Crippen LogP contribution in [0.2, 0.25) is 0 Å². The van der Waals surface area contributed by atoms with E-state index in [0.717, 1.165) is 19.4 Å². The Morgan fingerprint density at radius 1 is 0.957 bits per heavy atom. The minimum atomic E-state index is 0.342. The normalized spacial score (nSPS) is 26.5. The summed E-state index contributed by atoms with van der Waals surface area (Å²) in [5, 5.41) is 3.76. The van der Waals surface area contributed by atoms with Crippen molar-refractivity contribution in [1.29, 1.82) is 0 Å². The minimum absolute atomic E-state index is 0.342. The van der Waals surface area contributed by atoms with Gasteiger partial charge in [-0.2, -0.15) is 23.5 Å². The Morgan fingerprint density at radius 3 is 2.26 bits per heavy atom. The molecule has 1 aliphatic carbocycles. The van der Waals surface area contributed by atoms with E-state index in [2.05, 4.69) is 34.5 Å². The Hall–Kier alpha value is -0.650. The van der Waals surface area contributed by atoms with Gasteiger partial charge in [-0.3, -0.25) is 4.79 Å². The molecule has 3 aliphatic rings. The van der Waals surface area contributed by atoms with Crippen LogP contribution >= 0.6 is 23.5 Å². The summed E-state index contributed by atoms with van der Waals surface area (Å²) in [6, 6.07) is 9.93. The van der Waals surface area contributed by atoms with Gasteiger partial charge in [0.25, 0.3) is 0 Å². The second kappa shape index (κ2) is 7.08. The number of likely N-dealkylation sites (tertiary alicyclic amines) is 1. The van der Waals surface area contributed by atoms with Crippen molar-refractivity contribution in [3.05, 3.63) is 35.4 Å². The molecule has 23 heavy (non-hydrogen) atoms. The highest BCUT2D eigenvalue weighted by Gasteiger charge is 2.37. The first-order valence-electron chi connectivity index (χ1n) is 8.57. The van der Waals surface area contributed by atoms with Crippen molar-refractivity contribution in [2.45, 2.75) is 37.4 Å². The summed E-state index contributed by atoms with van der Waals surface area (Å²) in [7, 11) is 0. The molecule has 0 bridgehead atoms. The van der Waals surface area contributed by atoms with E-state index < -0.39 is 0 Å². The van der Waals surface area contributed by atoms with Crippen LogP contribution in [-0.2, 0) is 17.6 Å². The molecule has 0 aromatic heterocycles. The maximum absolute atomic E-state index is 12.5. The lowest BCUT2D eigenvalue weighted by molar-refractivity contribution is -0.129. The van der Waals surface area contributed by atoms with Crippen LogP contribution in [0.3, 0.4) is 0 Å². The van der Waals surface area contributed by atoms with E-state index in [9.17, 15) is 4.79 Å². The third-order valence-electron chi connectivity index (χ3n) is 5.11.